The van der Waals surface area contributed by atoms with Crippen molar-refractivity contribution in [3.8, 4) is 0 Å². The SMILES string of the molecule is CC(C)(C)N1C[C@H](NC(=O)[C@@H]2C[C@H](O)CN2)CC1=O. The molecule has 19 heavy (non-hydrogen) atoms. The molecule has 3 atom stereocenters. The Kier molecular flexibility index (Phi) is 3.82. The van der Waals surface area contributed by atoms with Gasteiger partial charge in [-0.1, -0.05) is 0 Å². The number of rotatable bonds is 2. The maximum atomic E-state index is 12.0. The Morgan fingerprint density at radius 3 is 2.63 bits per heavy atom. The van der Waals surface area contributed by atoms with Crippen molar-refractivity contribution in [1.82, 2.24) is 15.5 Å². The number of aliphatic hydroxyl groups is 1. The lowest BCUT2D eigenvalue weighted by Gasteiger charge is -2.32. The van der Waals surface area contributed by atoms with E-state index in [9.17, 15) is 14.7 Å². The first-order valence-corrected chi connectivity index (χ1v) is 6.79. The van der Waals surface area contributed by atoms with Crippen LogP contribution in [-0.2, 0) is 9.59 Å². The molecule has 0 aromatic rings. The minimum atomic E-state index is -0.452. The standard InChI is InChI=1S/C13H23N3O3/c1-13(2,3)16-7-8(4-11(16)18)15-12(19)10-5-9(17)6-14-10/h8-10,14,17H,4-7H2,1-3H3,(H,15,19)/t8-,9+,10+/m1/s1. The van der Waals surface area contributed by atoms with Crippen LogP contribution in [0.5, 0.6) is 0 Å². The second kappa shape index (κ2) is 5.09. The second-order valence-corrected chi connectivity index (χ2v) is 6.44. The molecule has 2 aliphatic heterocycles. The fourth-order valence-electron chi connectivity index (χ4n) is 2.67. The second-order valence-electron chi connectivity index (χ2n) is 6.44. The molecule has 0 spiro atoms. The van der Waals surface area contributed by atoms with E-state index in [1.54, 1.807) is 4.90 Å². The number of amides is 2. The van der Waals surface area contributed by atoms with Gasteiger partial charge < -0.3 is 20.6 Å². The normalized spacial score (nSPS) is 31.9. The Hall–Kier alpha value is -1.14. The van der Waals surface area contributed by atoms with Crippen LogP contribution < -0.4 is 10.6 Å². The van der Waals surface area contributed by atoms with E-state index in [-0.39, 0.29) is 29.4 Å². The zero-order valence-corrected chi connectivity index (χ0v) is 11.8. The van der Waals surface area contributed by atoms with Gasteiger partial charge in [0, 0.05) is 25.0 Å². The van der Waals surface area contributed by atoms with Gasteiger partial charge in [0.1, 0.15) is 0 Å². The summed E-state index contributed by atoms with van der Waals surface area (Å²) in [4.78, 5) is 25.7. The summed E-state index contributed by atoms with van der Waals surface area (Å²) in [5, 5.41) is 15.3. The van der Waals surface area contributed by atoms with Crippen molar-refractivity contribution in [3.63, 3.8) is 0 Å². The lowest BCUT2D eigenvalue weighted by Crippen LogP contribution is -2.48. The van der Waals surface area contributed by atoms with E-state index in [2.05, 4.69) is 10.6 Å². The molecule has 3 N–H and O–H groups in total. The Balaban J connectivity index is 1.88. The molecular weight excluding hydrogens is 246 g/mol. The highest BCUT2D eigenvalue weighted by atomic mass is 16.3. The quantitative estimate of drug-likeness (QED) is 0.614. The van der Waals surface area contributed by atoms with E-state index in [4.69, 9.17) is 0 Å². The van der Waals surface area contributed by atoms with Crippen molar-refractivity contribution in [2.45, 2.75) is 57.3 Å². The lowest BCUT2D eigenvalue weighted by atomic mass is 10.1. The third-order valence-electron chi connectivity index (χ3n) is 3.71. The fraction of sp³-hybridized carbons (Fsp3) is 0.846. The van der Waals surface area contributed by atoms with Crippen molar-refractivity contribution in [2.75, 3.05) is 13.1 Å². The van der Waals surface area contributed by atoms with Gasteiger partial charge in [-0.15, -0.1) is 0 Å². The summed E-state index contributed by atoms with van der Waals surface area (Å²) in [6, 6.07) is -0.465. The van der Waals surface area contributed by atoms with Crippen molar-refractivity contribution in [3.05, 3.63) is 0 Å². The summed E-state index contributed by atoms with van der Waals surface area (Å²) >= 11 is 0. The van der Waals surface area contributed by atoms with Crippen LogP contribution in [0.4, 0.5) is 0 Å². The molecule has 2 amide bonds. The van der Waals surface area contributed by atoms with Gasteiger partial charge in [-0.05, 0) is 27.2 Å². The van der Waals surface area contributed by atoms with E-state index in [0.29, 0.717) is 25.9 Å². The van der Waals surface area contributed by atoms with Gasteiger partial charge in [-0.25, -0.2) is 0 Å². The highest BCUT2D eigenvalue weighted by Gasteiger charge is 2.38. The molecule has 6 heteroatoms. The van der Waals surface area contributed by atoms with E-state index < -0.39 is 6.10 Å². The van der Waals surface area contributed by atoms with Crippen molar-refractivity contribution in [2.24, 2.45) is 0 Å². The first-order valence-electron chi connectivity index (χ1n) is 6.79. The summed E-state index contributed by atoms with van der Waals surface area (Å²) in [7, 11) is 0. The number of nitrogens with one attached hydrogen (secondary N) is 2. The molecule has 0 saturated carbocycles. The molecule has 0 radical (unpaired) electrons. The van der Waals surface area contributed by atoms with Crippen molar-refractivity contribution in [1.29, 1.82) is 0 Å². The molecule has 0 unspecified atom stereocenters. The topological polar surface area (TPSA) is 81.7 Å². The van der Waals surface area contributed by atoms with E-state index in [0.717, 1.165) is 0 Å². The average molecular weight is 269 g/mol. The van der Waals surface area contributed by atoms with Crippen LogP contribution in [-0.4, -0.2) is 58.6 Å². The molecular formula is C13H23N3O3. The van der Waals surface area contributed by atoms with Crippen LogP contribution in [0.3, 0.4) is 0 Å². The van der Waals surface area contributed by atoms with Gasteiger partial charge in [-0.2, -0.15) is 0 Å². The number of nitrogens with zero attached hydrogens (tertiary/aromatic N) is 1. The number of aliphatic hydroxyl groups excluding tert-OH is 1. The predicted molar refractivity (Wildman–Crippen MR) is 70.4 cm³/mol. The van der Waals surface area contributed by atoms with E-state index >= 15 is 0 Å². The summed E-state index contributed by atoms with van der Waals surface area (Å²) in [6.45, 7) is 6.98. The van der Waals surface area contributed by atoms with Gasteiger partial charge in [0.15, 0.2) is 0 Å². The number of β-amino-alcohol motifs (C(OH)–C–C–N with tert-alkyl or cyclic N) is 1. The lowest BCUT2D eigenvalue weighted by molar-refractivity contribution is -0.131. The molecule has 0 aliphatic carbocycles. The molecule has 2 aliphatic rings. The maximum absolute atomic E-state index is 12.0. The predicted octanol–water partition coefficient (Wildman–Crippen LogP) is -0.775. The van der Waals surface area contributed by atoms with Crippen molar-refractivity contribution >= 4 is 11.8 Å². The van der Waals surface area contributed by atoms with Gasteiger partial charge >= 0.3 is 0 Å². The number of likely N-dealkylation sites (tertiary alicyclic amines) is 1. The zero-order chi connectivity index (χ0) is 14.2. The van der Waals surface area contributed by atoms with Crippen LogP contribution in [0, 0.1) is 0 Å². The van der Waals surface area contributed by atoms with Gasteiger partial charge in [0.25, 0.3) is 0 Å². The first-order chi connectivity index (χ1) is 8.77. The van der Waals surface area contributed by atoms with Crippen molar-refractivity contribution < 1.29 is 14.7 Å². The number of hydrogen-bond donors (Lipinski definition) is 3. The maximum Gasteiger partial charge on any atom is 0.237 e. The molecule has 2 fully saturated rings. The number of hydrogen-bond acceptors (Lipinski definition) is 4. The molecule has 108 valence electrons. The van der Waals surface area contributed by atoms with Crippen LogP contribution in [0.25, 0.3) is 0 Å². The Morgan fingerprint density at radius 2 is 2.16 bits per heavy atom. The Bertz CT molecular complexity index is 378. The van der Waals surface area contributed by atoms with Gasteiger partial charge in [-0.3, -0.25) is 9.59 Å². The number of carbonyl (C=O) groups is 2. The molecule has 6 nitrogen and oxygen atoms in total. The van der Waals surface area contributed by atoms with Gasteiger partial charge in [0.05, 0.1) is 18.2 Å². The Labute approximate surface area is 113 Å². The molecule has 0 aromatic carbocycles. The average Bonchev–Trinajstić information content (AvgIpc) is 2.84. The zero-order valence-electron chi connectivity index (χ0n) is 11.8. The third-order valence-corrected chi connectivity index (χ3v) is 3.71. The highest BCUT2D eigenvalue weighted by Crippen LogP contribution is 2.22. The van der Waals surface area contributed by atoms with Gasteiger partial charge in [0.2, 0.25) is 11.8 Å². The molecule has 0 aromatic heterocycles. The minimum Gasteiger partial charge on any atom is -0.392 e. The summed E-state index contributed by atoms with van der Waals surface area (Å²) < 4.78 is 0. The smallest absolute Gasteiger partial charge is 0.237 e. The summed E-state index contributed by atoms with van der Waals surface area (Å²) in [6.07, 6.45) is 0.348. The largest absolute Gasteiger partial charge is 0.392 e. The third kappa shape index (κ3) is 3.25. The Morgan fingerprint density at radius 1 is 1.47 bits per heavy atom. The number of carbonyl (C=O) groups excluding carboxylic acids is 2. The summed E-state index contributed by atoms with van der Waals surface area (Å²) in [5.74, 6) is -0.0395. The molecule has 2 heterocycles. The van der Waals surface area contributed by atoms with E-state index in [1.807, 2.05) is 20.8 Å². The molecule has 0 bridgehead atoms. The first kappa shape index (κ1) is 14.3. The monoisotopic (exact) mass is 269 g/mol. The van der Waals surface area contributed by atoms with Crippen LogP contribution in [0.15, 0.2) is 0 Å². The van der Waals surface area contributed by atoms with Crippen LogP contribution >= 0.6 is 0 Å². The minimum absolute atomic E-state index is 0.0808. The van der Waals surface area contributed by atoms with Crippen LogP contribution in [0.2, 0.25) is 0 Å². The molecule has 2 rings (SSSR count). The summed E-state index contributed by atoms with van der Waals surface area (Å²) in [5.41, 5.74) is -0.210. The van der Waals surface area contributed by atoms with E-state index in [1.165, 1.54) is 0 Å². The molecule has 2 saturated heterocycles. The van der Waals surface area contributed by atoms with Crippen LogP contribution in [0.1, 0.15) is 33.6 Å². The fourth-order valence-corrected chi connectivity index (χ4v) is 2.67. The highest BCUT2D eigenvalue weighted by molar-refractivity contribution is 5.85.